The maximum atomic E-state index is 12.2. The lowest BCUT2D eigenvalue weighted by atomic mass is 10.4. The van der Waals surface area contributed by atoms with Crippen molar-refractivity contribution in [1.82, 2.24) is 9.55 Å². The Morgan fingerprint density at radius 3 is 2.50 bits per heavy atom. The molecule has 0 aromatic carbocycles. The van der Waals surface area contributed by atoms with Crippen molar-refractivity contribution in [3.63, 3.8) is 0 Å². The third kappa shape index (κ3) is 2.62. The van der Waals surface area contributed by atoms with Crippen molar-refractivity contribution in [3.8, 4) is 0 Å². The predicted octanol–water partition coefficient (Wildman–Crippen LogP) is 1.13. The van der Waals surface area contributed by atoms with Gasteiger partial charge in [-0.3, -0.25) is 9.36 Å². The van der Waals surface area contributed by atoms with Gasteiger partial charge in [0.2, 0.25) is 0 Å². The number of hydrogen-bond acceptors (Lipinski definition) is 2. The SMILES string of the molecule is C/C=C/Cn1c(=O)cc(C(F)(F)F)[nH]c1=O. The van der Waals surface area contributed by atoms with Crippen LogP contribution in [0.15, 0.2) is 27.8 Å². The molecule has 0 radical (unpaired) electrons. The number of nitrogens with zero attached hydrogens (tertiary/aromatic N) is 1. The highest BCUT2D eigenvalue weighted by Gasteiger charge is 2.32. The number of rotatable bonds is 2. The highest BCUT2D eigenvalue weighted by Crippen LogP contribution is 2.25. The van der Waals surface area contributed by atoms with Crippen molar-refractivity contribution in [3.05, 3.63) is 44.8 Å². The van der Waals surface area contributed by atoms with E-state index < -0.39 is 23.1 Å². The van der Waals surface area contributed by atoms with E-state index in [0.717, 1.165) is 0 Å². The summed E-state index contributed by atoms with van der Waals surface area (Å²) in [5, 5.41) is 0. The molecule has 7 heteroatoms. The van der Waals surface area contributed by atoms with E-state index in [9.17, 15) is 22.8 Å². The lowest BCUT2D eigenvalue weighted by molar-refractivity contribution is -0.141. The first-order valence-electron chi connectivity index (χ1n) is 4.38. The average Bonchev–Trinajstić information content (AvgIpc) is 2.15. The minimum Gasteiger partial charge on any atom is -0.303 e. The smallest absolute Gasteiger partial charge is 0.303 e. The van der Waals surface area contributed by atoms with Crippen LogP contribution in [0.4, 0.5) is 13.2 Å². The standard InChI is InChI=1S/C9H9F3N2O2/c1-2-3-4-14-7(15)5-6(9(10,11)12)13-8(14)16/h2-3,5H,4H2,1H3,(H,13,16)/b3-2+. The maximum Gasteiger partial charge on any atom is 0.431 e. The molecule has 0 saturated heterocycles. The zero-order valence-corrected chi connectivity index (χ0v) is 8.34. The topological polar surface area (TPSA) is 54.9 Å². The molecule has 1 rings (SSSR count). The molecule has 1 N–H and O–H groups in total. The Bertz CT molecular complexity index is 479. The van der Waals surface area contributed by atoms with E-state index in [1.54, 1.807) is 18.0 Å². The minimum absolute atomic E-state index is 0.0528. The first kappa shape index (κ1) is 12.3. The van der Waals surface area contributed by atoms with Gasteiger partial charge in [0.05, 0.1) is 0 Å². The molecule has 4 nitrogen and oxygen atoms in total. The fourth-order valence-corrected chi connectivity index (χ4v) is 1.06. The quantitative estimate of drug-likeness (QED) is 0.780. The van der Waals surface area contributed by atoms with Crippen LogP contribution in [0.3, 0.4) is 0 Å². The van der Waals surface area contributed by atoms with E-state index in [2.05, 4.69) is 0 Å². The number of hydrogen-bond donors (Lipinski definition) is 1. The van der Waals surface area contributed by atoms with Gasteiger partial charge in [-0.05, 0) is 6.92 Å². The summed E-state index contributed by atoms with van der Waals surface area (Å²) in [7, 11) is 0. The number of allylic oxidation sites excluding steroid dienone is 2. The van der Waals surface area contributed by atoms with Crippen LogP contribution in [0.25, 0.3) is 0 Å². The number of nitrogens with one attached hydrogen (secondary N) is 1. The van der Waals surface area contributed by atoms with Crippen molar-refractivity contribution in [2.45, 2.75) is 19.6 Å². The Morgan fingerprint density at radius 2 is 2.06 bits per heavy atom. The van der Waals surface area contributed by atoms with Gasteiger partial charge in [-0.2, -0.15) is 13.2 Å². The fraction of sp³-hybridized carbons (Fsp3) is 0.333. The third-order valence-corrected chi connectivity index (χ3v) is 1.85. The van der Waals surface area contributed by atoms with E-state index in [1.807, 2.05) is 0 Å². The first-order chi connectivity index (χ1) is 7.36. The molecule has 0 atom stereocenters. The second-order valence-electron chi connectivity index (χ2n) is 3.00. The number of aromatic nitrogens is 2. The maximum absolute atomic E-state index is 12.2. The molecule has 0 unspecified atom stereocenters. The summed E-state index contributed by atoms with van der Waals surface area (Å²) in [4.78, 5) is 24.0. The van der Waals surface area contributed by atoms with Crippen LogP contribution in [-0.2, 0) is 12.7 Å². The van der Waals surface area contributed by atoms with Crippen LogP contribution in [-0.4, -0.2) is 9.55 Å². The van der Waals surface area contributed by atoms with Gasteiger partial charge in [0, 0.05) is 12.6 Å². The summed E-state index contributed by atoms with van der Waals surface area (Å²) in [6, 6.07) is 0.366. The lowest BCUT2D eigenvalue weighted by Crippen LogP contribution is -2.36. The summed E-state index contributed by atoms with van der Waals surface area (Å²) in [5.41, 5.74) is -3.38. The predicted molar refractivity (Wildman–Crippen MR) is 51.1 cm³/mol. The molecule has 0 fully saturated rings. The van der Waals surface area contributed by atoms with Gasteiger partial charge in [-0.15, -0.1) is 0 Å². The Hall–Kier alpha value is -1.79. The van der Waals surface area contributed by atoms with Crippen LogP contribution in [0, 0.1) is 0 Å². The van der Waals surface area contributed by atoms with E-state index in [-0.39, 0.29) is 6.54 Å². The molecule has 16 heavy (non-hydrogen) atoms. The highest BCUT2D eigenvalue weighted by molar-refractivity contribution is 5.04. The summed E-state index contributed by atoms with van der Waals surface area (Å²) in [5.74, 6) is 0. The van der Waals surface area contributed by atoms with Crippen molar-refractivity contribution < 1.29 is 13.2 Å². The van der Waals surface area contributed by atoms with Gasteiger partial charge < -0.3 is 4.98 Å². The van der Waals surface area contributed by atoms with Gasteiger partial charge in [-0.25, -0.2) is 4.79 Å². The van der Waals surface area contributed by atoms with E-state index in [1.165, 1.54) is 6.08 Å². The molecular weight excluding hydrogens is 225 g/mol. The molecule has 1 aromatic rings. The second-order valence-corrected chi connectivity index (χ2v) is 3.00. The van der Waals surface area contributed by atoms with Gasteiger partial charge in [0.1, 0.15) is 5.69 Å². The van der Waals surface area contributed by atoms with Crippen LogP contribution in [0.5, 0.6) is 0 Å². The fourth-order valence-electron chi connectivity index (χ4n) is 1.06. The molecular formula is C9H9F3N2O2. The highest BCUT2D eigenvalue weighted by atomic mass is 19.4. The summed E-state index contributed by atoms with van der Waals surface area (Å²) in [6.45, 7) is 1.62. The molecule has 0 aliphatic carbocycles. The molecule has 88 valence electrons. The molecule has 1 aromatic heterocycles. The molecule has 0 aliphatic rings. The number of H-pyrrole nitrogens is 1. The van der Waals surface area contributed by atoms with E-state index in [0.29, 0.717) is 10.6 Å². The Morgan fingerprint density at radius 1 is 1.44 bits per heavy atom. The Balaban J connectivity index is 3.29. The molecule has 1 heterocycles. The number of halogens is 3. The lowest BCUT2D eigenvalue weighted by Gasteiger charge is -2.07. The number of aromatic amines is 1. The average molecular weight is 234 g/mol. The van der Waals surface area contributed by atoms with Gasteiger partial charge in [0.25, 0.3) is 5.56 Å². The monoisotopic (exact) mass is 234 g/mol. The summed E-state index contributed by atoms with van der Waals surface area (Å²) in [6.07, 6.45) is -1.65. The van der Waals surface area contributed by atoms with Crippen LogP contribution in [0.1, 0.15) is 12.6 Å². The van der Waals surface area contributed by atoms with E-state index >= 15 is 0 Å². The molecule has 0 saturated carbocycles. The largest absolute Gasteiger partial charge is 0.431 e. The van der Waals surface area contributed by atoms with Crippen LogP contribution >= 0.6 is 0 Å². The summed E-state index contributed by atoms with van der Waals surface area (Å²) >= 11 is 0. The van der Waals surface area contributed by atoms with Crippen LogP contribution < -0.4 is 11.2 Å². The second kappa shape index (κ2) is 4.38. The minimum atomic E-state index is -4.72. The van der Waals surface area contributed by atoms with Gasteiger partial charge in [-0.1, -0.05) is 12.2 Å². The first-order valence-corrected chi connectivity index (χ1v) is 4.38. The van der Waals surface area contributed by atoms with Crippen molar-refractivity contribution in [1.29, 1.82) is 0 Å². The van der Waals surface area contributed by atoms with E-state index in [4.69, 9.17) is 0 Å². The molecule has 0 aliphatic heterocycles. The molecule has 0 bridgehead atoms. The van der Waals surface area contributed by atoms with Gasteiger partial charge >= 0.3 is 11.9 Å². The molecule has 0 spiro atoms. The molecule has 0 amide bonds. The Labute approximate surface area is 88.0 Å². The summed E-state index contributed by atoms with van der Waals surface area (Å²) < 4.78 is 37.3. The zero-order valence-electron chi connectivity index (χ0n) is 8.34. The van der Waals surface area contributed by atoms with Gasteiger partial charge in [0.15, 0.2) is 0 Å². The normalized spacial score (nSPS) is 12.2. The van der Waals surface area contributed by atoms with Crippen molar-refractivity contribution >= 4 is 0 Å². The Kier molecular flexibility index (Phi) is 3.36. The van der Waals surface area contributed by atoms with Crippen molar-refractivity contribution in [2.24, 2.45) is 0 Å². The zero-order chi connectivity index (χ0) is 12.3. The number of alkyl halides is 3. The van der Waals surface area contributed by atoms with Crippen LogP contribution in [0.2, 0.25) is 0 Å². The third-order valence-electron chi connectivity index (χ3n) is 1.85. The van der Waals surface area contributed by atoms with Crippen molar-refractivity contribution in [2.75, 3.05) is 0 Å².